The molecule has 0 aliphatic carbocycles. The van der Waals surface area contributed by atoms with E-state index in [9.17, 15) is 14.4 Å². The van der Waals surface area contributed by atoms with E-state index < -0.39 is 12.1 Å². The topological polar surface area (TPSA) is 103 Å². The Bertz CT molecular complexity index is 1220. The molecule has 1 N–H and O–H groups in total. The van der Waals surface area contributed by atoms with Crippen LogP contribution < -0.4 is 5.32 Å². The first kappa shape index (κ1) is 23.5. The van der Waals surface area contributed by atoms with Gasteiger partial charge in [-0.15, -0.1) is 11.3 Å². The lowest BCUT2D eigenvalue weighted by Gasteiger charge is -2.26. The molecule has 9 nitrogen and oxygen atoms in total. The Morgan fingerprint density at radius 3 is 2.56 bits per heavy atom. The number of rotatable bonds is 6. The molecule has 3 aromatic rings. The average molecular weight is 483 g/mol. The second-order valence-electron chi connectivity index (χ2n) is 7.64. The molecule has 0 saturated carbocycles. The van der Waals surface area contributed by atoms with Crippen molar-refractivity contribution >= 4 is 34.3 Å². The summed E-state index contributed by atoms with van der Waals surface area (Å²) < 4.78 is 12.1. The third-order valence-electron chi connectivity index (χ3n) is 5.54. The van der Waals surface area contributed by atoms with Gasteiger partial charge >= 0.3 is 12.1 Å². The maximum absolute atomic E-state index is 13.2. The van der Waals surface area contributed by atoms with E-state index in [0.717, 1.165) is 16.1 Å². The van der Waals surface area contributed by atoms with Gasteiger partial charge in [-0.2, -0.15) is 5.10 Å². The van der Waals surface area contributed by atoms with E-state index in [1.165, 1.54) is 17.5 Å². The second-order valence-corrected chi connectivity index (χ2v) is 8.75. The second kappa shape index (κ2) is 10.1. The predicted molar refractivity (Wildman–Crippen MR) is 128 cm³/mol. The molecular formula is C24H26N4O5S. The third kappa shape index (κ3) is 4.54. The van der Waals surface area contributed by atoms with Crippen LogP contribution in [0, 0.1) is 6.92 Å². The van der Waals surface area contributed by atoms with E-state index in [-0.39, 0.29) is 19.1 Å². The van der Waals surface area contributed by atoms with Gasteiger partial charge in [-0.1, -0.05) is 18.2 Å². The molecule has 0 atom stereocenters. The number of benzene rings is 1. The molecule has 1 aliphatic heterocycles. The monoisotopic (exact) mass is 482 g/mol. The molecule has 1 aliphatic rings. The highest BCUT2D eigenvalue weighted by Gasteiger charge is 2.32. The van der Waals surface area contributed by atoms with E-state index in [1.54, 1.807) is 23.4 Å². The van der Waals surface area contributed by atoms with Crippen LogP contribution in [-0.2, 0) is 22.4 Å². The van der Waals surface area contributed by atoms with Crippen LogP contribution in [0.4, 0.5) is 9.80 Å². The van der Waals surface area contributed by atoms with Gasteiger partial charge in [0.25, 0.3) is 5.91 Å². The van der Waals surface area contributed by atoms with E-state index in [2.05, 4.69) is 10.4 Å². The lowest BCUT2D eigenvalue weighted by molar-refractivity contribution is 0.0526. The van der Waals surface area contributed by atoms with Crippen molar-refractivity contribution in [3.05, 3.63) is 63.8 Å². The zero-order valence-electron chi connectivity index (χ0n) is 19.3. The highest BCUT2D eigenvalue weighted by Crippen LogP contribution is 2.38. The van der Waals surface area contributed by atoms with Crippen LogP contribution in [0.25, 0.3) is 5.69 Å². The van der Waals surface area contributed by atoms with Gasteiger partial charge in [0.15, 0.2) is 0 Å². The van der Waals surface area contributed by atoms with Gasteiger partial charge in [0.2, 0.25) is 0 Å². The smallest absolute Gasteiger partial charge is 0.410 e. The summed E-state index contributed by atoms with van der Waals surface area (Å²) in [5.41, 5.74) is 3.08. The summed E-state index contributed by atoms with van der Waals surface area (Å²) in [6, 6.07) is 9.52. The number of amides is 2. The molecule has 2 aromatic heterocycles. The van der Waals surface area contributed by atoms with Crippen LogP contribution >= 0.6 is 11.3 Å². The largest absolute Gasteiger partial charge is 0.462 e. The minimum Gasteiger partial charge on any atom is -0.462 e. The molecule has 0 spiro atoms. The zero-order chi connectivity index (χ0) is 24.2. The van der Waals surface area contributed by atoms with Crippen molar-refractivity contribution in [3.63, 3.8) is 0 Å². The fourth-order valence-corrected chi connectivity index (χ4v) is 5.16. The number of nitrogens with zero attached hydrogens (tertiary/aromatic N) is 3. The zero-order valence-corrected chi connectivity index (χ0v) is 20.1. The highest BCUT2D eigenvalue weighted by molar-refractivity contribution is 7.17. The first-order valence-corrected chi connectivity index (χ1v) is 11.9. The van der Waals surface area contributed by atoms with Crippen LogP contribution in [0.15, 0.2) is 36.5 Å². The third-order valence-corrected chi connectivity index (χ3v) is 6.68. The van der Waals surface area contributed by atoms with Gasteiger partial charge in [0, 0.05) is 11.4 Å². The quantitative estimate of drug-likeness (QED) is 0.529. The van der Waals surface area contributed by atoms with Crippen LogP contribution in [0.5, 0.6) is 0 Å². The molecule has 10 heteroatoms. The summed E-state index contributed by atoms with van der Waals surface area (Å²) in [6.07, 6.45) is 1.59. The number of hydrogen-bond acceptors (Lipinski definition) is 7. The first-order valence-electron chi connectivity index (χ1n) is 11.1. The summed E-state index contributed by atoms with van der Waals surface area (Å²) in [7, 11) is 0. The lowest BCUT2D eigenvalue weighted by atomic mass is 10.0. The number of fused-ring (bicyclic) bond motifs is 1. The van der Waals surface area contributed by atoms with E-state index in [0.29, 0.717) is 41.3 Å². The molecule has 0 unspecified atom stereocenters. The molecule has 2 amide bonds. The van der Waals surface area contributed by atoms with Gasteiger partial charge in [-0.25, -0.2) is 14.3 Å². The molecular weight excluding hydrogens is 456 g/mol. The van der Waals surface area contributed by atoms with Crippen molar-refractivity contribution in [2.75, 3.05) is 25.1 Å². The molecule has 0 bridgehead atoms. The van der Waals surface area contributed by atoms with Crippen molar-refractivity contribution in [2.24, 2.45) is 0 Å². The van der Waals surface area contributed by atoms with Gasteiger partial charge in [0.1, 0.15) is 5.00 Å². The Morgan fingerprint density at radius 2 is 1.85 bits per heavy atom. The van der Waals surface area contributed by atoms with E-state index >= 15 is 0 Å². The van der Waals surface area contributed by atoms with E-state index in [1.807, 2.05) is 37.3 Å². The van der Waals surface area contributed by atoms with Crippen LogP contribution in [0.2, 0.25) is 0 Å². The minimum absolute atomic E-state index is 0.217. The standard InChI is InChI=1S/C24H26N4O5S/c1-4-32-23(30)20-17-11-12-27(24(31)33-5-2)14-19(17)34-22(20)26-21(29)18-13-25-28(15(18)3)16-9-7-6-8-10-16/h6-10,13H,4-5,11-12,14H2,1-3H3,(H,26,29). The van der Waals surface area contributed by atoms with Gasteiger partial charge < -0.3 is 19.7 Å². The summed E-state index contributed by atoms with van der Waals surface area (Å²) >= 11 is 1.28. The Morgan fingerprint density at radius 1 is 1.12 bits per heavy atom. The predicted octanol–water partition coefficient (Wildman–Crippen LogP) is 4.19. The number of carbonyl (C=O) groups excluding carboxylic acids is 3. The molecule has 0 radical (unpaired) electrons. The number of ether oxygens (including phenoxy) is 2. The Hall–Kier alpha value is -3.66. The maximum atomic E-state index is 13.2. The molecule has 3 heterocycles. The van der Waals surface area contributed by atoms with Crippen molar-refractivity contribution in [1.29, 1.82) is 0 Å². The maximum Gasteiger partial charge on any atom is 0.410 e. The number of nitrogens with one attached hydrogen (secondary N) is 1. The lowest BCUT2D eigenvalue weighted by Crippen LogP contribution is -2.36. The molecule has 0 saturated heterocycles. The first-order chi connectivity index (χ1) is 16.4. The van der Waals surface area contributed by atoms with Gasteiger partial charge in [-0.05, 0) is 44.9 Å². The number of anilines is 1. The van der Waals surface area contributed by atoms with Gasteiger partial charge in [-0.3, -0.25) is 4.79 Å². The summed E-state index contributed by atoms with van der Waals surface area (Å²) in [4.78, 5) is 40.6. The molecule has 34 heavy (non-hydrogen) atoms. The number of thiophene rings is 1. The fraction of sp³-hybridized carbons (Fsp3) is 0.333. The number of aromatic nitrogens is 2. The van der Waals surface area contributed by atoms with E-state index in [4.69, 9.17) is 9.47 Å². The number of carbonyl (C=O) groups is 3. The SMILES string of the molecule is CCOC(=O)c1c(NC(=O)c2cnn(-c3ccccc3)c2C)sc2c1CCN(C(=O)OCC)C2. The van der Waals surface area contributed by atoms with Crippen molar-refractivity contribution in [2.45, 2.75) is 33.7 Å². The summed E-state index contributed by atoms with van der Waals surface area (Å²) in [5.74, 6) is -0.859. The Kier molecular flexibility index (Phi) is 6.97. The van der Waals surface area contributed by atoms with Crippen LogP contribution in [0.1, 0.15) is 50.7 Å². The fourth-order valence-electron chi connectivity index (χ4n) is 3.91. The molecule has 0 fully saturated rings. The summed E-state index contributed by atoms with van der Waals surface area (Å²) in [6.45, 7) is 6.55. The van der Waals surface area contributed by atoms with Crippen LogP contribution in [0.3, 0.4) is 0 Å². The number of para-hydroxylation sites is 1. The summed E-state index contributed by atoms with van der Waals surface area (Å²) in [5, 5.41) is 7.65. The number of esters is 1. The van der Waals surface area contributed by atoms with Crippen molar-refractivity contribution < 1.29 is 23.9 Å². The highest BCUT2D eigenvalue weighted by atomic mass is 32.1. The van der Waals surface area contributed by atoms with Crippen LogP contribution in [-0.4, -0.2) is 52.4 Å². The van der Waals surface area contributed by atoms with Gasteiger partial charge in [0.05, 0.1) is 48.5 Å². The number of hydrogen-bond donors (Lipinski definition) is 1. The molecule has 1 aromatic carbocycles. The average Bonchev–Trinajstić information content (AvgIpc) is 3.39. The van der Waals surface area contributed by atoms with Crippen molar-refractivity contribution in [3.8, 4) is 5.69 Å². The Labute approximate surface area is 201 Å². The molecule has 4 rings (SSSR count). The Balaban J connectivity index is 1.63. The minimum atomic E-state index is -0.489. The normalized spacial score (nSPS) is 12.7. The molecule has 178 valence electrons. The van der Waals surface area contributed by atoms with Crippen molar-refractivity contribution in [1.82, 2.24) is 14.7 Å².